The van der Waals surface area contributed by atoms with Gasteiger partial charge in [0, 0.05) is 26.7 Å². The molecule has 7 nitrogen and oxygen atoms in total. The molecule has 0 radical (unpaired) electrons. The van der Waals surface area contributed by atoms with E-state index >= 15 is 0 Å². The van der Waals surface area contributed by atoms with E-state index in [-0.39, 0.29) is 12.6 Å². The molecule has 1 aliphatic heterocycles. The summed E-state index contributed by atoms with van der Waals surface area (Å²) in [5, 5.41) is 14.5. The molecule has 0 spiro atoms. The average molecular weight is 245 g/mol. The van der Waals surface area contributed by atoms with Gasteiger partial charge in [-0.05, 0) is 13.0 Å². The van der Waals surface area contributed by atoms with Crippen LogP contribution in [0.2, 0.25) is 0 Å². The van der Waals surface area contributed by atoms with E-state index in [4.69, 9.17) is 9.84 Å². The Bertz CT molecular complexity index is 264. The van der Waals surface area contributed by atoms with E-state index in [2.05, 4.69) is 10.6 Å². The molecule has 3 N–H and O–H groups in total. The summed E-state index contributed by atoms with van der Waals surface area (Å²) in [7, 11) is 1.31. The van der Waals surface area contributed by atoms with Crippen LogP contribution in [0.4, 0.5) is 4.79 Å². The molecular weight excluding hydrogens is 226 g/mol. The second kappa shape index (κ2) is 7.08. The van der Waals surface area contributed by atoms with Crippen LogP contribution in [-0.4, -0.2) is 67.9 Å². The van der Waals surface area contributed by atoms with Gasteiger partial charge in [-0.1, -0.05) is 0 Å². The molecule has 0 aromatic heterocycles. The van der Waals surface area contributed by atoms with Gasteiger partial charge in [0.1, 0.15) is 0 Å². The zero-order valence-electron chi connectivity index (χ0n) is 9.94. The largest absolute Gasteiger partial charge is 0.479 e. The molecule has 0 bridgehead atoms. The lowest BCUT2D eigenvalue weighted by atomic mass is 10.3. The number of carboxylic acids is 1. The van der Waals surface area contributed by atoms with Crippen LogP contribution in [0.5, 0.6) is 0 Å². The van der Waals surface area contributed by atoms with Crippen molar-refractivity contribution >= 4 is 12.0 Å². The highest BCUT2D eigenvalue weighted by molar-refractivity contribution is 5.77. The van der Waals surface area contributed by atoms with Crippen molar-refractivity contribution in [3.05, 3.63) is 0 Å². The van der Waals surface area contributed by atoms with Crippen LogP contribution in [0.1, 0.15) is 6.42 Å². The van der Waals surface area contributed by atoms with E-state index in [1.54, 1.807) is 4.90 Å². The number of nitrogens with one attached hydrogen (secondary N) is 2. The number of methoxy groups -OCH3 is 1. The number of carbonyl (C=O) groups is 2. The predicted molar refractivity (Wildman–Crippen MR) is 60.9 cm³/mol. The molecular formula is C10H19N3O4. The minimum absolute atomic E-state index is 0.0193. The van der Waals surface area contributed by atoms with Crippen LogP contribution in [0.3, 0.4) is 0 Å². The lowest BCUT2D eigenvalue weighted by Crippen LogP contribution is -2.46. The molecule has 1 aliphatic rings. The van der Waals surface area contributed by atoms with Crippen molar-refractivity contribution in [3.8, 4) is 0 Å². The van der Waals surface area contributed by atoms with Crippen molar-refractivity contribution in [1.82, 2.24) is 15.5 Å². The van der Waals surface area contributed by atoms with E-state index in [0.717, 1.165) is 19.5 Å². The van der Waals surface area contributed by atoms with E-state index in [9.17, 15) is 9.59 Å². The first-order valence-corrected chi connectivity index (χ1v) is 5.64. The van der Waals surface area contributed by atoms with Crippen LogP contribution in [0.15, 0.2) is 0 Å². The summed E-state index contributed by atoms with van der Waals surface area (Å²) in [5.41, 5.74) is 0. The number of carboxylic acid groups (broad SMARTS) is 1. The van der Waals surface area contributed by atoms with Crippen molar-refractivity contribution in [1.29, 1.82) is 0 Å². The Balaban J connectivity index is 2.34. The maximum absolute atomic E-state index is 11.7. The number of urea groups is 1. The van der Waals surface area contributed by atoms with Gasteiger partial charge in [0.2, 0.25) is 0 Å². The fourth-order valence-corrected chi connectivity index (χ4v) is 1.61. The molecule has 1 heterocycles. The number of nitrogens with zero attached hydrogens (tertiary/aromatic N) is 1. The van der Waals surface area contributed by atoms with Gasteiger partial charge in [0.05, 0.1) is 6.54 Å². The topological polar surface area (TPSA) is 90.9 Å². The Morgan fingerprint density at radius 3 is 2.88 bits per heavy atom. The SMILES string of the molecule is COC(CNC(=O)N1CCCNCC1)C(=O)O. The third-order valence-electron chi connectivity index (χ3n) is 2.63. The molecule has 0 aliphatic carbocycles. The van der Waals surface area contributed by atoms with Crippen LogP contribution >= 0.6 is 0 Å². The number of hydrogen-bond acceptors (Lipinski definition) is 4. The molecule has 1 unspecified atom stereocenters. The summed E-state index contributed by atoms with van der Waals surface area (Å²) in [6, 6.07) is -0.239. The number of amides is 2. The Hall–Kier alpha value is -1.34. The summed E-state index contributed by atoms with van der Waals surface area (Å²) in [4.78, 5) is 24.1. The fraction of sp³-hybridized carbons (Fsp3) is 0.800. The third-order valence-corrected chi connectivity index (χ3v) is 2.63. The zero-order chi connectivity index (χ0) is 12.7. The molecule has 1 atom stereocenters. The highest BCUT2D eigenvalue weighted by atomic mass is 16.5. The number of aliphatic carboxylic acids is 1. The monoisotopic (exact) mass is 245 g/mol. The van der Waals surface area contributed by atoms with Gasteiger partial charge in [-0.2, -0.15) is 0 Å². The van der Waals surface area contributed by atoms with Gasteiger partial charge >= 0.3 is 12.0 Å². The van der Waals surface area contributed by atoms with Crippen LogP contribution in [0, 0.1) is 0 Å². The van der Waals surface area contributed by atoms with Gasteiger partial charge in [0.25, 0.3) is 0 Å². The lowest BCUT2D eigenvalue weighted by molar-refractivity contribution is -0.148. The maximum atomic E-state index is 11.7. The molecule has 0 aromatic rings. The molecule has 7 heteroatoms. The first kappa shape index (κ1) is 13.7. The normalized spacial score (nSPS) is 18.3. The average Bonchev–Trinajstić information content (AvgIpc) is 2.57. The Labute approximate surface area is 100 Å². The van der Waals surface area contributed by atoms with Crippen molar-refractivity contribution < 1.29 is 19.4 Å². The van der Waals surface area contributed by atoms with E-state index in [1.807, 2.05) is 0 Å². The number of rotatable bonds is 4. The molecule has 0 saturated carbocycles. The third kappa shape index (κ3) is 4.58. The first-order chi connectivity index (χ1) is 8.15. The van der Waals surface area contributed by atoms with Crippen molar-refractivity contribution in [2.24, 2.45) is 0 Å². The Morgan fingerprint density at radius 2 is 2.24 bits per heavy atom. The molecule has 1 rings (SSSR count). The molecule has 0 aromatic carbocycles. The summed E-state index contributed by atoms with van der Waals surface area (Å²) < 4.78 is 4.73. The van der Waals surface area contributed by atoms with Gasteiger partial charge in [-0.3, -0.25) is 0 Å². The van der Waals surface area contributed by atoms with Gasteiger partial charge in [0.15, 0.2) is 6.10 Å². The molecule has 2 amide bonds. The van der Waals surface area contributed by atoms with Crippen LogP contribution in [-0.2, 0) is 9.53 Å². The van der Waals surface area contributed by atoms with E-state index in [0.29, 0.717) is 13.1 Å². The van der Waals surface area contributed by atoms with Crippen molar-refractivity contribution in [2.75, 3.05) is 39.8 Å². The minimum Gasteiger partial charge on any atom is -0.479 e. The molecule has 98 valence electrons. The highest BCUT2D eigenvalue weighted by Gasteiger charge is 2.20. The predicted octanol–water partition coefficient (Wildman–Crippen LogP) is -0.909. The number of carbonyl (C=O) groups excluding carboxylic acids is 1. The second-order valence-electron chi connectivity index (χ2n) is 3.84. The fourth-order valence-electron chi connectivity index (χ4n) is 1.61. The minimum atomic E-state index is -1.08. The van der Waals surface area contributed by atoms with E-state index in [1.165, 1.54) is 7.11 Å². The lowest BCUT2D eigenvalue weighted by Gasteiger charge is -2.21. The number of ether oxygens (including phenoxy) is 1. The Kier molecular flexibility index (Phi) is 5.71. The van der Waals surface area contributed by atoms with Crippen molar-refractivity contribution in [3.63, 3.8) is 0 Å². The standard InChI is InChI=1S/C10H19N3O4/c1-17-8(9(14)15)7-12-10(16)13-5-2-3-11-4-6-13/h8,11H,2-7H2,1H3,(H,12,16)(H,14,15). The highest BCUT2D eigenvalue weighted by Crippen LogP contribution is 1.96. The summed E-state index contributed by atoms with van der Waals surface area (Å²) in [5.74, 6) is -1.08. The van der Waals surface area contributed by atoms with E-state index < -0.39 is 12.1 Å². The van der Waals surface area contributed by atoms with Crippen LogP contribution in [0.25, 0.3) is 0 Å². The Morgan fingerprint density at radius 1 is 1.47 bits per heavy atom. The quantitative estimate of drug-likeness (QED) is 0.596. The van der Waals surface area contributed by atoms with Gasteiger partial charge in [-0.15, -0.1) is 0 Å². The smallest absolute Gasteiger partial charge is 0.334 e. The van der Waals surface area contributed by atoms with Gasteiger partial charge in [-0.25, -0.2) is 9.59 Å². The van der Waals surface area contributed by atoms with Crippen molar-refractivity contribution in [2.45, 2.75) is 12.5 Å². The molecule has 1 fully saturated rings. The van der Waals surface area contributed by atoms with Gasteiger partial charge < -0.3 is 25.4 Å². The summed E-state index contributed by atoms with van der Waals surface area (Å²) >= 11 is 0. The van der Waals surface area contributed by atoms with Crippen LogP contribution < -0.4 is 10.6 Å². The first-order valence-electron chi connectivity index (χ1n) is 5.64. The number of hydrogen-bond donors (Lipinski definition) is 3. The summed E-state index contributed by atoms with van der Waals surface area (Å²) in [6.07, 6.45) is -0.0934. The second-order valence-corrected chi connectivity index (χ2v) is 3.84. The molecule has 17 heavy (non-hydrogen) atoms. The maximum Gasteiger partial charge on any atom is 0.334 e. The summed E-state index contributed by atoms with van der Waals surface area (Å²) in [6.45, 7) is 2.97. The zero-order valence-corrected chi connectivity index (χ0v) is 9.94. The molecule has 1 saturated heterocycles.